The van der Waals surface area contributed by atoms with Crippen molar-refractivity contribution in [2.75, 3.05) is 6.54 Å². The predicted octanol–water partition coefficient (Wildman–Crippen LogP) is 2.17. The zero-order valence-electron chi connectivity index (χ0n) is 9.05. The minimum Gasteiger partial charge on any atom is -0.211 e. The van der Waals surface area contributed by atoms with Gasteiger partial charge in [-0.3, -0.25) is 0 Å². The van der Waals surface area contributed by atoms with Gasteiger partial charge in [-0.2, -0.15) is 0 Å². The molecule has 0 aliphatic heterocycles. The smallest absolute Gasteiger partial charge is 0.211 e. The maximum Gasteiger partial charge on any atom is 0.240 e. The lowest BCUT2D eigenvalue weighted by Gasteiger charge is -2.08. The van der Waals surface area contributed by atoms with Gasteiger partial charge in [0.2, 0.25) is 10.0 Å². The van der Waals surface area contributed by atoms with Crippen molar-refractivity contribution in [2.45, 2.75) is 24.6 Å². The van der Waals surface area contributed by atoms with Crippen molar-refractivity contribution < 1.29 is 12.8 Å². The summed E-state index contributed by atoms with van der Waals surface area (Å²) in [5, 5.41) is 0. The highest BCUT2D eigenvalue weighted by atomic mass is 35.5. The number of alkyl halides is 1. The number of rotatable bonds is 4. The summed E-state index contributed by atoms with van der Waals surface area (Å²) < 4.78 is 39.2. The third-order valence-corrected chi connectivity index (χ3v) is 3.90. The molecule has 0 unspecified atom stereocenters. The van der Waals surface area contributed by atoms with E-state index in [2.05, 4.69) is 4.72 Å². The van der Waals surface area contributed by atoms with Crippen LogP contribution in [-0.2, 0) is 15.9 Å². The minimum absolute atomic E-state index is 0.0453. The summed E-state index contributed by atoms with van der Waals surface area (Å²) in [5.74, 6) is -0.507. The molecule has 16 heavy (non-hydrogen) atoms. The van der Waals surface area contributed by atoms with Crippen molar-refractivity contribution in [3.63, 3.8) is 0 Å². The molecule has 0 aliphatic rings. The molecular formula is C10H13ClFNO2S. The molecule has 0 radical (unpaired) electrons. The van der Waals surface area contributed by atoms with Gasteiger partial charge in [-0.15, -0.1) is 11.6 Å². The van der Waals surface area contributed by atoms with Crippen LogP contribution in [0.15, 0.2) is 17.0 Å². The number of aryl methyl sites for hydroxylation is 1. The molecule has 0 aromatic heterocycles. The van der Waals surface area contributed by atoms with Crippen LogP contribution in [0.5, 0.6) is 0 Å². The summed E-state index contributed by atoms with van der Waals surface area (Å²) in [4.78, 5) is 0.0453. The Morgan fingerprint density at radius 3 is 2.56 bits per heavy atom. The molecule has 1 rings (SSSR count). The van der Waals surface area contributed by atoms with Crippen molar-refractivity contribution in [2.24, 2.45) is 0 Å². The van der Waals surface area contributed by atoms with E-state index in [1.54, 1.807) is 6.92 Å². The van der Waals surface area contributed by atoms with E-state index in [9.17, 15) is 12.8 Å². The number of hydrogen-bond acceptors (Lipinski definition) is 2. The van der Waals surface area contributed by atoms with Gasteiger partial charge in [-0.1, -0.05) is 6.92 Å². The molecule has 0 atom stereocenters. The second kappa shape index (κ2) is 5.12. The van der Waals surface area contributed by atoms with Gasteiger partial charge in [0.1, 0.15) is 5.82 Å². The van der Waals surface area contributed by atoms with Crippen molar-refractivity contribution in [3.8, 4) is 0 Å². The van der Waals surface area contributed by atoms with Crippen LogP contribution in [0.1, 0.15) is 18.1 Å². The van der Waals surface area contributed by atoms with Gasteiger partial charge in [0, 0.05) is 12.1 Å². The Balaban J connectivity index is 3.32. The van der Waals surface area contributed by atoms with Gasteiger partial charge in [0.15, 0.2) is 0 Å². The van der Waals surface area contributed by atoms with E-state index in [0.29, 0.717) is 0 Å². The molecule has 0 spiro atoms. The molecule has 0 aliphatic carbocycles. The molecule has 0 bridgehead atoms. The molecule has 6 heteroatoms. The van der Waals surface area contributed by atoms with Crippen LogP contribution in [0.3, 0.4) is 0 Å². The number of hydrogen-bond donors (Lipinski definition) is 1. The van der Waals surface area contributed by atoms with E-state index >= 15 is 0 Å². The Labute approximate surface area is 99.7 Å². The van der Waals surface area contributed by atoms with E-state index in [4.69, 9.17) is 11.6 Å². The Morgan fingerprint density at radius 2 is 2.06 bits per heavy atom. The van der Waals surface area contributed by atoms with Gasteiger partial charge in [-0.25, -0.2) is 17.5 Å². The summed E-state index contributed by atoms with van der Waals surface area (Å²) in [6.45, 7) is 3.47. The molecule has 3 nitrogen and oxygen atoms in total. The van der Waals surface area contributed by atoms with Gasteiger partial charge in [-0.05, 0) is 24.6 Å². The second-order valence-electron chi connectivity index (χ2n) is 3.35. The molecule has 0 amide bonds. The largest absolute Gasteiger partial charge is 0.240 e. The first-order valence-electron chi connectivity index (χ1n) is 4.77. The first kappa shape index (κ1) is 13.4. The lowest BCUT2D eigenvalue weighted by molar-refractivity contribution is 0.581. The lowest BCUT2D eigenvalue weighted by Crippen LogP contribution is -2.23. The zero-order chi connectivity index (χ0) is 12.3. The topological polar surface area (TPSA) is 46.2 Å². The Bertz CT molecular complexity index is 488. The van der Waals surface area contributed by atoms with Gasteiger partial charge >= 0.3 is 0 Å². The fraction of sp³-hybridized carbons (Fsp3) is 0.400. The average molecular weight is 266 g/mol. The van der Waals surface area contributed by atoms with Gasteiger partial charge in [0.05, 0.1) is 10.8 Å². The number of benzene rings is 1. The number of sulfonamides is 1. The lowest BCUT2D eigenvalue weighted by atomic mass is 10.1. The maximum atomic E-state index is 13.5. The molecule has 90 valence electrons. The van der Waals surface area contributed by atoms with Crippen molar-refractivity contribution >= 4 is 21.6 Å². The molecule has 1 aromatic rings. The SMILES string of the molecule is CCNS(=O)(=O)c1cc(C)c(F)c(CCl)c1. The van der Waals surface area contributed by atoms with Crippen molar-refractivity contribution in [1.82, 2.24) is 4.72 Å². The van der Waals surface area contributed by atoms with Crippen LogP contribution < -0.4 is 4.72 Å². The van der Waals surface area contributed by atoms with Crippen LogP contribution in [0, 0.1) is 12.7 Å². The highest BCUT2D eigenvalue weighted by molar-refractivity contribution is 7.89. The highest BCUT2D eigenvalue weighted by Gasteiger charge is 2.16. The molecule has 1 aromatic carbocycles. The van der Waals surface area contributed by atoms with E-state index in [-0.39, 0.29) is 28.4 Å². The molecule has 0 fully saturated rings. The van der Waals surface area contributed by atoms with E-state index in [1.165, 1.54) is 19.1 Å². The molecule has 0 saturated carbocycles. The van der Waals surface area contributed by atoms with E-state index in [1.807, 2.05) is 0 Å². The van der Waals surface area contributed by atoms with Crippen LogP contribution in [0.25, 0.3) is 0 Å². The third-order valence-electron chi connectivity index (χ3n) is 2.09. The molecular weight excluding hydrogens is 253 g/mol. The standard InChI is InChI=1S/C10H13ClFNO2S/c1-3-13-16(14,15)9-4-7(2)10(12)8(5-9)6-11/h4-5,13H,3,6H2,1-2H3. The Morgan fingerprint density at radius 1 is 1.44 bits per heavy atom. The first-order valence-corrected chi connectivity index (χ1v) is 6.78. The molecule has 0 saturated heterocycles. The minimum atomic E-state index is -3.56. The highest BCUT2D eigenvalue weighted by Crippen LogP contribution is 2.20. The van der Waals surface area contributed by atoms with Crippen molar-refractivity contribution in [3.05, 3.63) is 29.1 Å². The van der Waals surface area contributed by atoms with Crippen LogP contribution in [-0.4, -0.2) is 15.0 Å². The Kier molecular flexibility index (Phi) is 4.29. The summed E-state index contributed by atoms with van der Waals surface area (Å²) >= 11 is 5.55. The predicted molar refractivity (Wildman–Crippen MR) is 61.6 cm³/mol. The van der Waals surface area contributed by atoms with Crippen LogP contribution in [0.2, 0.25) is 0 Å². The zero-order valence-corrected chi connectivity index (χ0v) is 10.6. The number of halogens is 2. The Hall–Kier alpha value is -0.650. The van der Waals surface area contributed by atoms with E-state index < -0.39 is 15.8 Å². The first-order chi connectivity index (χ1) is 7.42. The molecule has 0 heterocycles. The van der Waals surface area contributed by atoms with Gasteiger partial charge < -0.3 is 0 Å². The summed E-state index contributed by atoms with van der Waals surface area (Å²) in [5.41, 5.74) is 0.466. The normalized spacial score (nSPS) is 11.8. The second-order valence-corrected chi connectivity index (χ2v) is 5.38. The quantitative estimate of drug-likeness (QED) is 0.848. The maximum absolute atomic E-state index is 13.5. The summed E-state index contributed by atoms with van der Waals surface area (Å²) in [6, 6.07) is 2.55. The summed E-state index contributed by atoms with van der Waals surface area (Å²) in [6.07, 6.45) is 0. The monoisotopic (exact) mass is 265 g/mol. The number of nitrogens with one attached hydrogen (secondary N) is 1. The fourth-order valence-corrected chi connectivity index (χ4v) is 2.70. The van der Waals surface area contributed by atoms with E-state index in [0.717, 1.165) is 0 Å². The van der Waals surface area contributed by atoms with Crippen LogP contribution in [0.4, 0.5) is 4.39 Å². The third kappa shape index (κ3) is 2.72. The van der Waals surface area contributed by atoms with Gasteiger partial charge in [0.25, 0.3) is 0 Å². The summed E-state index contributed by atoms with van der Waals surface area (Å²) in [7, 11) is -3.56. The fourth-order valence-electron chi connectivity index (χ4n) is 1.33. The van der Waals surface area contributed by atoms with Crippen molar-refractivity contribution in [1.29, 1.82) is 0 Å². The van der Waals surface area contributed by atoms with Crippen LogP contribution >= 0.6 is 11.6 Å². The molecule has 1 N–H and O–H groups in total. The average Bonchev–Trinajstić information content (AvgIpc) is 2.21.